The van der Waals surface area contributed by atoms with E-state index in [9.17, 15) is 4.79 Å². The van der Waals surface area contributed by atoms with E-state index < -0.39 is 5.54 Å². The lowest BCUT2D eigenvalue weighted by molar-refractivity contribution is 0.0882. The number of benzene rings is 1. The van der Waals surface area contributed by atoms with Crippen LogP contribution in [0.1, 0.15) is 36.8 Å². The topological polar surface area (TPSA) is 72.9 Å². The molecule has 0 aliphatic heterocycles. The molecule has 1 amide bonds. The molecule has 1 aromatic heterocycles. The molecular formula is C17H24N4O. The van der Waals surface area contributed by atoms with Crippen molar-refractivity contribution in [3.05, 3.63) is 47.8 Å². The van der Waals surface area contributed by atoms with Crippen molar-refractivity contribution in [2.75, 3.05) is 6.54 Å². The van der Waals surface area contributed by atoms with Gasteiger partial charge in [-0.05, 0) is 31.9 Å². The molecule has 2 aromatic rings. The van der Waals surface area contributed by atoms with Crippen LogP contribution in [0.25, 0.3) is 5.69 Å². The maximum absolute atomic E-state index is 12.6. The minimum absolute atomic E-state index is 0.138. The predicted octanol–water partition coefficient (Wildman–Crippen LogP) is 2.28. The second-order valence-corrected chi connectivity index (χ2v) is 6.14. The van der Waals surface area contributed by atoms with E-state index in [4.69, 9.17) is 5.73 Å². The summed E-state index contributed by atoms with van der Waals surface area (Å²) in [5, 5.41) is 7.47. The highest BCUT2D eigenvalue weighted by Crippen LogP contribution is 2.17. The Morgan fingerprint density at radius 1 is 1.36 bits per heavy atom. The highest BCUT2D eigenvalue weighted by Gasteiger charge is 2.30. The monoisotopic (exact) mass is 300 g/mol. The van der Waals surface area contributed by atoms with Crippen LogP contribution in [0.2, 0.25) is 0 Å². The lowest BCUT2D eigenvalue weighted by Gasteiger charge is -2.33. The molecule has 0 spiro atoms. The van der Waals surface area contributed by atoms with E-state index in [1.165, 1.54) is 0 Å². The van der Waals surface area contributed by atoms with Crippen LogP contribution < -0.4 is 11.1 Å². The number of nitrogens with zero attached hydrogens (tertiary/aromatic N) is 2. The Kier molecular flexibility index (Phi) is 4.66. The van der Waals surface area contributed by atoms with Gasteiger partial charge in [-0.2, -0.15) is 5.10 Å². The predicted molar refractivity (Wildman–Crippen MR) is 88.1 cm³/mol. The smallest absolute Gasteiger partial charge is 0.255 e. The Hall–Kier alpha value is -2.14. The number of amides is 1. The van der Waals surface area contributed by atoms with E-state index in [2.05, 4.69) is 10.4 Å². The number of aromatic nitrogens is 2. The standard InChI is InChI=1S/C17H24N4O/c1-12(2)17(4,11-18)19-16(22)15-10-21(20-13(15)3)14-8-6-5-7-9-14/h5-10,12H,11,18H2,1-4H3,(H,19,22). The van der Waals surface area contributed by atoms with Gasteiger partial charge in [-0.15, -0.1) is 0 Å². The number of para-hydroxylation sites is 1. The van der Waals surface area contributed by atoms with Gasteiger partial charge in [0.05, 0.1) is 22.5 Å². The summed E-state index contributed by atoms with van der Waals surface area (Å²) in [6, 6.07) is 9.73. The van der Waals surface area contributed by atoms with Gasteiger partial charge in [-0.1, -0.05) is 32.0 Å². The third-order valence-corrected chi connectivity index (χ3v) is 4.26. The second-order valence-electron chi connectivity index (χ2n) is 6.14. The van der Waals surface area contributed by atoms with Crippen molar-refractivity contribution in [3.8, 4) is 5.69 Å². The van der Waals surface area contributed by atoms with E-state index in [0.29, 0.717) is 17.8 Å². The van der Waals surface area contributed by atoms with Crippen LogP contribution in [0.4, 0.5) is 0 Å². The fraction of sp³-hybridized carbons (Fsp3) is 0.412. The Labute approximate surface area is 131 Å². The number of carbonyl (C=O) groups is 1. The third kappa shape index (κ3) is 3.20. The van der Waals surface area contributed by atoms with Crippen molar-refractivity contribution in [2.45, 2.75) is 33.2 Å². The van der Waals surface area contributed by atoms with E-state index in [1.807, 2.05) is 58.0 Å². The quantitative estimate of drug-likeness (QED) is 0.889. The molecule has 0 bridgehead atoms. The molecule has 2 rings (SSSR count). The summed E-state index contributed by atoms with van der Waals surface area (Å²) in [7, 11) is 0. The molecule has 118 valence electrons. The van der Waals surface area contributed by atoms with Crippen molar-refractivity contribution in [2.24, 2.45) is 11.7 Å². The van der Waals surface area contributed by atoms with Crippen LogP contribution in [0.3, 0.4) is 0 Å². The molecule has 0 saturated carbocycles. The SMILES string of the molecule is Cc1nn(-c2ccccc2)cc1C(=O)NC(C)(CN)C(C)C. The fourth-order valence-electron chi connectivity index (χ4n) is 2.15. The number of nitrogens with one attached hydrogen (secondary N) is 1. The minimum atomic E-state index is -0.432. The highest BCUT2D eigenvalue weighted by molar-refractivity contribution is 5.95. The molecular weight excluding hydrogens is 276 g/mol. The average Bonchev–Trinajstić information content (AvgIpc) is 2.90. The van der Waals surface area contributed by atoms with Crippen molar-refractivity contribution >= 4 is 5.91 Å². The van der Waals surface area contributed by atoms with Gasteiger partial charge in [0.15, 0.2) is 0 Å². The number of hydrogen-bond donors (Lipinski definition) is 2. The summed E-state index contributed by atoms with van der Waals surface area (Å²) < 4.78 is 1.72. The van der Waals surface area contributed by atoms with Gasteiger partial charge >= 0.3 is 0 Å². The van der Waals surface area contributed by atoms with Gasteiger partial charge in [0.1, 0.15) is 0 Å². The summed E-state index contributed by atoms with van der Waals surface area (Å²) in [6.07, 6.45) is 1.76. The van der Waals surface area contributed by atoms with E-state index in [0.717, 1.165) is 5.69 Å². The van der Waals surface area contributed by atoms with Gasteiger partial charge in [-0.25, -0.2) is 4.68 Å². The molecule has 0 aliphatic rings. The average molecular weight is 300 g/mol. The number of rotatable bonds is 5. The lowest BCUT2D eigenvalue weighted by atomic mass is 9.88. The number of nitrogens with two attached hydrogens (primary N) is 1. The summed E-state index contributed by atoms with van der Waals surface area (Å²) in [4.78, 5) is 12.6. The Balaban J connectivity index is 2.26. The summed E-state index contributed by atoms with van der Waals surface area (Å²) in [6.45, 7) is 8.29. The Morgan fingerprint density at radius 3 is 2.55 bits per heavy atom. The number of aryl methyl sites for hydroxylation is 1. The van der Waals surface area contributed by atoms with E-state index in [-0.39, 0.29) is 11.8 Å². The molecule has 3 N–H and O–H groups in total. The van der Waals surface area contributed by atoms with Crippen LogP contribution in [-0.4, -0.2) is 27.8 Å². The minimum Gasteiger partial charge on any atom is -0.345 e. The highest BCUT2D eigenvalue weighted by atomic mass is 16.1. The lowest BCUT2D eigenvalue weighted by Crippen LogP contribution is -2.55. The van der Waals surface area contributed by atoms with Gasteiger partial charge in [0.25, 0.3) is 5.91 Å². The first-order valence-corrected chi connectivity index (χ1v) is 7.51. The van der Waals surface area contributed by atoms with E-state index >= 15 is 0 Å². The van der Waals surface area contributed by atoms with Gasteiger partial charge in [0.2, 0.25) is 0 Å². The number of hydrogen-bond acceptors (Lipinski definition) is 3. The van der Waals surface area contributed by atoms with Crippen LogP contribution in [0, 0.1) is 12.8 Å². The largest absolute Gasteiger partial charge is 0.345 e. The Bertz CT molecular complexity index is 648. The zero-order valence-electron chi connectivity index (χ0n) is 13.6. The first kappa shape index (κ1) is 16.2. The third-order valence-electron chi connectivity index (χ3n) is 4.26. The molecule has 5 nitrogen and oxygen atoms in total. The molecule has 0 aliphatic carbocycles. The summed E-state index contributed by atoms with van der Waals surface area (Å²) in [5.41, 5.74) is 7.60. The summed E-state index contributed by atoms with van der Waals surface area (Å²) in [5.74, 6) is 0.104. The molecule has 1 unspecified atom stereocenters. The summed E-state index contributed by atoms with van der Waals surface area (Å²) >= 11 is 0. The van der Waals surface area contributed by atoms with E-state index in [1.54, 1.807) is 10.9 Å². The van der Waals surface area contributed by atoms with Crippen LogP contribution >= 0.6 is 0 Å². The zero-order chi connectivity index (χ0) is 16.3. The first-order chi connectivity index (χ1) is 10.4. The Morgan fingerprint density at radius 2 is 2.00 bits per heavy atom. The second kappa shape index (κ2) is 6.32. The van der Waals surface area contributed by atoms with Gasteiger partial charge < -0.3 is 11.1 Å². The maximum atomic E-state index is 12.6. The van der Waals surface area contributed by atoms with Crippen molar-refractivity contribution < 1.29 is 4.79 Å². The number of carbonyl (C=O) groups excluding carboxylic acids is 1. The zero-order valence-corrected chi connectivity index (χ0v) is 13.6. The molecule has 0 saturated heterocycles. The fourth-order valence-corrected chi connectivity index (χ4v) is 2.15. The molecule has 1 atom stereocenters. The first-order valence-electron chi connectivity index (χ1n) is 7.51. The molecule has 0 fully saturated rings. The van der Waals surface area contributed by atoms with Gasteiger partial charge in [-0.3, -0.25) is 4.79 Å². The van der Waals surface area contributed by atoms with Crippen molar-refractivity contribution in [3.63, 3.8) is 0 Å². The van der Waals surface area contributed by atoms with Crippen LogP contribution in [0.5, 0.6) is 0 Å². The molecule has 22 heavy (non-hydrogen) atoms. The molecule has 1 heterocycles. The maximum Gasteiger partial charge on any atom is 0.255 e. The van der Waals surface area contributed by atoms with Gasteiger partial charge in [0, 0.05) is 12.7 Å². The van der Waals surface area contributed by atoms with Crippen LogP contribution in [0.15, 0.2) is 36.5 Å². The molecule has 0 radical (unpaired) electrons. The molecule has 5 heteroatoms. The van der Waals surface area contributed by atoms with Crippen molar-refractivity contribution in [1.82, 2.24) is 15.1 Å². The van der Waals surface area contributed by atoms with Crippen LogP contribution in [-0.2, 0) is 0 Å². The normalized spacial score (nSPS) is 13.9. The molecule has 1 aromatic carbocycles. The van der Waals surface area contributed by atoms with Crippen molar-refractivity contribution in [1.29, 1.82) is 0 Å².